The van der Waals surface area contributed by atoms with Crippen molar-refractivity contribution in [2.24, 2.45) is 5.92 Å². The molecule has 2 aromatic heterocycles. The number of anilines is 1. The average molecular weight is 432 g/mol. The Bertz CT molecular complexity index is 1110. The van der Waals surface area contributed by atoms with Gasteiger partial charge in [0.2, 0.25) is 11.8 Å². The topological polar surface area (TPSA) is 80.4 Å². The Morgan fingerprint density at radius 1 is 1.26 bits per heavy atom. The molecule has 0 saturated carbocycles. The number of carbonyl (C=O) groups is 2. The zero-order valence-electron chi connectivity index (χ0n) is 16.5. The highest BCUT2D eigenvalue weighted by molar-refractivity contribution is 5.96. The van der Waals surface area contributed by atoms with Gasteiger partial charge < -0.3 is 14.6 Å². The van der Waals surface area contributed by atoms with Crippen molar-refractivity contribution in [2.75, 3.05) is 11.9 Å². The van der Waals surface area contributed by atoms with E-state index in [1.54, 1.807) is 19.1 Å². The minimum Gasteiger partial charge on any atom is -0.467 e. The molecule has 3 heterocycles. The second-order valence-corrected chi connectivity index (χ2v) is 7.34. The average Bonchev–Trinajstić information content (AvgIpc) is 3.43. The summed E-state index contributed by atoms with van der Waals surface area (Å²) in [6, 6.07) is 9.94. The third kappa shape index (κ3) is 4.32. The molecule has 31 heavy (non-hydrogen) atoms. The summed E-state index contributed by atoms with van der Waals surface area (Å²) in [6.07, 6.45) is -3.07. The number of halogens is 3. The first-order valence-electron chi connectivity index (χ1n) is 9.56. The van der Waals surface area contributed by atoms with Crippen LogP contribution >= 0.6 is 0 Å². The van der Waals surface area contributed by atoms with E-state index in [-0.39, 0.29) is 36.9 Å². The summed E-state index contributed by atoms with van der Waals surface area (Å²) in [7, 11) is 0. The summed E-state index contributed by atoms with van der Waals surface area (Å²) in [4.78, 5) is 26.6. The molecule has 1 aliphatic heterocycles. The molecule has 1 fully saturated rings. The fourth-order valence-electron chi connectivity index (χ4n) is 3.59. The summed E-state index contributed by atoms with van der Waals surface area (Å²) < 4.78 is 46.6. The SMILES string of the molecule is Cc1cc(NC(=O)C2CC(=O)N(Cc3ccco3)C2)n(-c2ccccc2C(F)(F)F)n1. The van der Waals surface area contributed by atoms with Crippen LogP contribution in [0.5, 0.6) is 0 Å². The lowest BCUT2D eigenvalue weighted by Gasteiger charge is -2.17. The standard InChI is InChI=1S/C21H19F3N4O3/c1-13-9-18(28(26-13)17-7-3-2-6-16(17)21(22,23)24)25-20(30)14-10-19(29)27(11-14)12-15-5-4-8-31-15/h2-9,14H,10-12H2,1H3,(H,25,30). The van der Waals surface area contributed by atoms with Crippen molar-refractivity contribution in [1.82, 2.24) is 14.7 Å². The predicted molar refractivity (Wildman–Crippen MR) is 104 cm³/mol. The first-order valence-corrected chi connectivity index (χ1v) is 9.56. The third-order valence-electron chi connectivity index (χ3n) is 5.03. The molecule has 0 bridgehead atoms. The van der Waals surface area contributed by atoms with E-state index in [9.17, 15) is 22.8 Å². The van der Waals surface area contributed by atoms with Gasteiger partial charge in [-0.2, -0.15) is 18.3 Å². The number of nitrogens with one attached hydrogen (secondary N) is 1. The number of para-hydroxylation sites is 1. The van der Waals surface area contributed by atoms with Crippen molar-refractivity contribution in [1.29, 1.82) is 0 Å². The van der Waals surface area contributed by atoms with Gasteiger partial charge in [0.25, 0.3) is 0 Å². The van der Waals surface area contributed by atoms with E-state index in [4.69, 9.17) is 4.42 Å². The minimum atomic E-state index is -4.58. The Kier molecular flexibility index (Phi) is 5.30. The molecular formula is C21H19F3N4O3. The van der Waals surface area contributed by atoms with E-state index < -0.39 is 23.6 Å². The first kappa shape index (κ1) is 20.7. The molecule has 0 radical (unpaired) electrons. The summed E-state index contributed by atoms with van der Waals surface area (Å²) >= 11 is 0. The highest BCUT2D eigenvalue weighted by atomic mass is 19.4. The van der Waals surface area contributed by atoms with Crippen LogP contribution in [0.25, 0.3) is 5.69 Å². The van der Waals surface area contributed by atoms with Gasteiger partial charge in [0.1, 0.15) is 11.6 Å². The van der Waals surface area contributed by atoms with Gasteiger partial charge in [-0.05, 0) is 31.2 Å². The van der Waals surface area contributed by atoms with Gasteiger partial charge >= 0.3 is 6.18 Å². The fraction of sp³-hybridized carbons (Fsp3) is 0.286. The number of hydrogen-bond donors (Lipinski definition) is 1. The molecule has 10 heteroatoms. The van der Waals surface area contributed by atoms with E-state index in [0.717, 1.165) is 10.7 Å². The second kappa shape index (κ2) is 7.93. The van der Waals surface area contributed by atoms with Gasteiger partial charge in [-0.3, -0.25) is 9.59 Å². The predicted octanol–water partition coefficient (Wildman–Crippen LogP) is 3.78. The Balaban J connectivity index is 1.54. The van der Waals surface area contributed by atoms with E-state index in [1.165, 1.54) is 35.4 Å². The number of benzene rings is 1. The Labute approximate surface area is 175 Å². The van der Waals surface area contributed by atoms with Crippen LogP contribution in [-0.4, -0.2) is 33.0 Å². The van der Waals surface area contributed by atoms with Crippen molar-refractivity contribution in [2.45, 2.75) is 26.1 Å². The van der Waals surface area contributed by atoms with Crippen LogP contribution in [0.3, 0.4) is 0 Å². The molecule has 1 atom stereocenters. The number of likely N-dealkylation sites (tertiary alicyclic amines) is 1. The highest BCUT2D eigenvalue weighted by Gasteiger charge is 2.36. The van der Waals surface area contributed by atoms with Crippen molar-refractivity contribution < 1.29 is 27.2 Å². The molecule has 7 nitrogen and oxygen atoms in total. The largest absolute Gasteiger partial charge is 0.467 e. The van der Waals surface area contributed by atoms with Crippen LogP contribution < -0.4 is 5.32 Å². The zero-order valence-corrected chi connectivity index (χ0v) is 16.5. The molecule has 1 saturated heterocycles. The monoisotopic (exact) mass is 432 g/mol. The van der Waals surface area contributed by atoms with Gasteiger partial charge in [0.15, 0.2) is 0 Å². The quantitative estimate of drug-likeness (QED) is 0.666. The lowest BCUT2D eigenvalue weighted by atomic mass is 10.1. The number of nitrogens with zero attached hydrogens (tertiary/aromatic N) is 3. The maximum absolute atomic E-state index is 13.4. The number of furan rings is 1. The van der Waals surface area contributed by atoms with Gasteiger partial charge in [-0.15, -0.1) is 0 Å². The van der Waals surface area contributed by atoms with Crippen LogP contribution in [0.4, 0.5) is 19.0 Å². The summed E-state index contributed by atoms with van der Waals surface area (Å²) in [5, 5.41) is 6.77. The number of amides is 2. The molecule has 3 aromatic rings. The van der Waals surface area contributed by atoms with Crippen LogP contribution in [0.15, 0.2) is 53.1 Å². The smallest absolute Gasteiger partial charge is 0.418 e. The molecular weight excluding hydrogens is 413 g/mol. The molecule has 2 amide bonds. The lowest BCUT2D eigenvalue weighted by Crippen LogP contribution is -2.28. The molecule has 1 unspecified atom stereocenters. The number of aryl methyl sites for hydroxylation is 1. The van der Waals surface area contributed by atoms with Gasteiger partial charge in [-0.25, -0.2) is 4.68 Å². The Hall–Kier alpha value is -3.56. The van der Waals surface area contributed by atoms with Crippen molar-refractivity contribution in [3.05, 3.63) is 65.7 Å². The van der Waals surface area contributed by atoms with Crippen LogP contribution in [-0.2, 0) is 22.3 Å². The third-order valence-corrected chi connectivity index (χ3v) is 5.03. The number of hydrogen-bond acceptors (Lipinski definition) is 4. The molecule has 1 aromatic carbocycles. The summed E-state index contributed by atoms with van der Waals surface area (Å²) in [6.45, 7) is 2.07. The molecule has 0 spiro atoms. The lowest BCUT2D eigenvalue weighted by molar-refractivity contribution is -0.137. The highest BCUT2D eigenvalue weighted by Crippen LogP contribution is 2.35. The van der Waals surface area contributed by atoms with E-state index in [0.29, 0.717) is 11.5 Å². The second-order valence-electron chi connectivity index (χ2n) is 7.34. The van der Waals surface area contributed by atoms with Crippen molar-refractivity contribution in [3.63, 3.8) is 0 Å². The zero-order chi connectivity index (χ0) is 22.2. The van der Waals surface area contributed by atoms with Gasteiger partial charge in [-0.1, -0.05) is 12.1 Å². The number of rotatable bonds is 5. The fourth-order valence-corrected chi connectivity index (χ4v) is 3.59. The maximum Gasteiger partial charge on any atom is 0.418 e. The van der Waals surface area contributed by atoms with E-state index in [1.807, 2.05) is 0 Å². The van der Waals surface area contributed by atoms with E-state index >= 15 is 0 Å². The maximum atomic E-state index is 13.4. The van der Waals surface area contributed by atoms with Crippen LogP contribution in [0, 0.1) is 12.8 Å². The number of carbonyl (C=O) groups excluding carboxylic acids is 2. The first-order chi connectivity index (χ1) is 14.7. The minimum absolute atomic E-state index is 0.0127. The molecule has 1 N–H and O–H groups in total. The molecule has 0 aliphatic carbocycles. The van der Waals surface area contributed by atoms with Gasteiger partial charge in [0.05, 0.1) is 35.7 Å². The van der Waals surface area contributed by atoms with Crippen LogP contribution in [0.2, 0.25) is 0 Å². The van der Waals surface area contributed by atoms with E-state index in [2.05, 4.69) is 10.4 Å². The molecule has 4 rings (SSSR count). The van der Waals surface area contributed by atoms with Crippen molar-refractivity contribution in [3.8, 4) is 5.69 Å². The number of aromatic nitrogens is 2. The molecule has 1 aliphatic rings. The van der Waals surface area contributed by atoms with Crippen molar-refractivity contribution >= 4 is 17.6 Å². The molecule has 162 valence electrons. The Morgan fingerprint density at radius 3 is 2.74 bits per heavy atom. The van der Waals surface area contributed by atoms with Crippen LogP contribution in [0.1, 0.15) is 23.4 Å². The number of alkyl halides is 3. The van der Waals surface area contributed by atoms with Gasteiger partial charge in [0, 0.05) is 19.0 Å². The Morgan fingerprint density at radius 2 is 2.03 bits per heavy atom. The summed E-state index contributed by atoms with van der Waals surface area (Å²) in [5.41, 5.74) is -0.621. The normalized spacial score (nSPS) is 16.7. The summed E-state index contributed by atoms with van der Waals surface area (Å²) in [5.74, 6) is -0.573.